The molecule has 0 unspecified atom stereocenters. The molecule has 0 aliphatic heterocycles. The van der Waals surface area contributed by atoms with Gasteiger partial charge in [-0.05, 0) is 23.3 Å². The number of nitriles is 1. The van der Waals surface area contributed by atoms with E-state index in [1.807, 2.05) is 30.3 Å². The number of hydrogen-bond donors (Lipinski definition) is 1. The minimum atomic E-state index is -0.490. The highest BCUT2D eigenvalue weighted by Crippen LogP contribution is 2.17. The lowest BCUT2D eigenvalue weighted by Gasteiger charge is -2.11. The fourth-order valence-electron chi connectivity index (χ4n) is 1.84. The molecule has 0 aliphatic rings. The van der Waals surface area contributed by atoms with Crippen molar-refractivity contribution in [2.75, 3.05) is 0 Å². The summed E-state index contributed by atoms with van der Waals surface area (Å²) < 4.78 is 0. The molecule has 2 aromatic carbocycles. The Bertz CT molecular complexity index is 618. The van der Waals surface area contributed by atoms with Crippen molar-refractivity contribution in [1.82, 2.24) is 5.32 Å². The van der Waals surface area contributed by atoms with Crippen molar-refractivity contribution in [3.63, 3.8) is 0 Å². The van der Waals surface area contributed by atoms with Gasteiger partial charge in [-0.1, -0.05) is 30.3 Å². The van der Waals surface area contributed by atoms with Crippen LogP contribution < -0.4 is 5.32 Å². The molecule has 1 atom stereocenters. The number of nitrogens with one attached hydrogen (secondary N) is 1. The Hall–Kier alpha value is -2.71. The van der Waals surface area contributed by atoms with Crippen molar-refractivity contribution in [2.24, 2.45) is 0 Å². The quantitative estimate of drug-likeness (QED) is 0.667. The maximum absolute atomic E-state index is 10.6. The van der Waals surface area contributed by atoms with Gasteiger partial charge in [0, 0.05) is 18.7 Å². The molecule has 5 nitrogen and oxygen atoms in total. The second kappa shape index (κ2) is 6.45. The van der Waals surface area contributed by atoms with Gasteiger partial charge in [-0.2, -0.15) is 5.26 Å². The van der Waals surface area contributed by atoms with Crippen LogP contribution >= 0.6 is 0 Å². The third kappa shape index (κ3) is 3.40. The molecule has 0 radical (unpaired) electrons. The van der Waals surface area contributed by atoms with E-state index in [0.717, 1.165) is 5.56 Å². The van der Waals surface area contributed by atoms with Gasteiger partial charge in [0.1, 0.15) is 6.04 Å². The Labute approximate surface area is 116 Å². The van der Waals surface area contributed by atoms with Crippen molar-refractivity contribution >= 4 is 5.69 Å². The summed E-state index contributed by atoms with van der Waals surface area (Å²) in [6, 6.07) is 17.4. The molecule has 0 spiro atoms. The molecular formula is C15H13N3O2. The number of rotatable bonds is 5. The molecule has 0 heterocycles. The van der Waals surface area contributed by atoms with E-state index in [1.54, 1.807) is 12.1 Å². The van der Waals surface area contributed by atoms with Crippen LogP contribution in [-0.2, 0) is 6.54 Å². The molecule has 1 N–H and O–H groups in total. The molecule has 0 saturated heterocycles. The third-order valence-corrected chi connectivity index (χ3v) is 2.92. The molecule has 0 fully saturated rings. The van der Waals surface area contributed by atoms with E-state index in [-0.39, 0.29) is 5.69 Å². The minimum absolute atomic E-state index is 0.0218. The van der Waals surface area contributed by atoms with Crippen LogP contribution in [0.2, 0.25) is 0 Å². The highest BCUT2D eigenvalue weighted by Gasteiger charge is 2.12. The van der Waals surface area contributed by atoms with E-state index in [9.17, 15) is 15.4 Å². The summed E-state index contributed by atoms with van der Waals surface area (Å²) in [7, 11) is 0. The summed E-state index contributed by atoms with van der Waals surface area (Å²) in [5.74, 6) is 0. The molecule has 0 amide bonds. The fraction of sp³-hybridized carbons (Fsp3) is 0.133. The van der Waals surface area contributed by atoms with Gasteiger partial charge < -0.3 is 0 Å². The lowest BCUT2D eigenvalue weighted by Crippen LogP contribution is -2.19. The van der Waals surface area contributed by atoms with Gasteiger partial charge in [-0.25, -0.2) is 0 Å². The standard InChI is InChI=1S/C15H13N3O2/c16-10-15(17-11-12-4-2-1-3-5-12)13-6-8-14(9-7-13)18(19)20/h1-9,15,17H,11H2/t15-/m0/s1. The van der Waals surface area contributed by atoms with Crippen molar-refractivity contribution in [3.05, 3.63) is 75.8 Å². The minimum Gasteiger partial charge on any atom is -0.294 e. The number of hydrogen-bond acceptors (Lipinski definition) is 4. The molecule has 0 saturated carbocycles. The first-order chi connectivity index (χ1) is 9.70. The summed E-state index contributed by atoms with van der Waals surface area (Å²) in [5.41, 5.74) is 1.82. The first-order valence-electron chi connectivity index (χ1n) is 6.12. The van der Waals surface area contributed by atoms with Gasteiger partial charge in [0.15, 0.2) is 0 Å². The van der Waals surface area contributed by atoms with Crippen molar-refractivity contribution in [1.29, 1.82) is 5.26 Å². The lowest BCUT2D eigenvalue weighted by molar-refractivity contribution is -0.384. The van der Waals surface area contributed by atoms with Crippen LogP contribution in [0.1, 0.15) is 17.2 Å². The molecule has 0 aliphatic carbocycles. The topological polar surface area (TPSA) is 79.0 Å². The van der Waals surface area contributed by atoms with Crippen LogP contribution in [-0.4, -0.2) is 4.92 Å². The first kappa shape index (κ1) is 13.7. The van der Waals surface area contributed by atoms with Gasteiger partial charge in [0.25, 0.3) is 5.69 Å². The lowest BCUT2D eigenvalue weighted by atomic mass is 10.1. The largest absolute Gasteiger partial charge is 0.294 e. The summed E-state index contributed by atoms with van der Waals surface area (Å²) in [6.45, 7) is 0.566. The monoisotopic (exact) mass is 267 g/mol. The van der Waals surface area contributed by atoms with Crippen molar-refractivity contribution < 1.29 is 4.92 Å². The Kier molecular flexibility index (Phi) is 4.43. The molecule has 100 valence electrons. The summed E-state index contributed by atoms with van der Waals surface area (Å²) in [4.78, 5) is 10.1. The normalized spacial score (nSPS) is 11.6. The zero-order valence-corrected chi connectivity index (χ0v) is 10.7. The van der Waals surface area contributed by atoms with E-state index in [1.165, 1.54) is 12.1 Å². The highest BCUT2D eigenvalue weighted by atomic mass is 16.6. The van der Waals surface area contributed by atoms with Crippen molar-refractivity contribution in [3.8, 4) is 6.07 Å². The van der Waals surface area contributed by atoms with Crippen LogP contribution in [0.25, 0.3) is 0 Å². The van der Waals surface area contributed by atoms with Crippen LogP contribution in [0.5, 0.6) is 0 Å². The first-order valence-corrected chi connectivity index (χ1v) is 6.12. The Balaban J connectivity index is 2.05. The number of non-ortho nitro benzene ring substituents is 1. The fourth-order valence-corrected chi connectivity index (χ4v) is 1.84. The molecular weight excluding hydrogens is 254 g/mol. The highest BCUT2D eigenvalue weighted by molar-refractivity contribution is 5.36. The second-order valence-corrected chi connectivity index (χ2v) is 4.28. The second-order valence-electron chi connectivity index (χ2n) is 4.28. The Morgan fingerprint density at radius 2 is 1.80 bits per heavy atom. The SMILES string of the molecule is N#C[C@H](NCc1ccccc1)c1ccc([N+](=O)[O-])cc1. The maximum Gasteiger partial charge on any atom is 0.269 e. The predicted molar refractivity (Wildman–Crippen MR) is 74.7 cm³/mol. The average Bonchev–Trinajstić information content (AvgIpc) is 2.49. The van der Waals surface area contributed by atoms with E-state index >= 15 is 0 Å². The summed E-state index contributed by atoms with van der Waals surface area (Å²) in [6.07, 6.45) is 0. The molecule has 2 rings (SSSR count). The zero-order chi connectivity index (χ0) is 14.4. The van der Waals surface area contributed by atoms with E-state index < -0.39 is 11.0 Å². The smallest absolute Gasteiger partial charge is 0.269 e. The maximum atomic E-state index is 10.6. The Morgan fingerprint density at radius 1 is 1.15 bits per heavy atom. The molecule has 2 aromatic rings. The molecule has 0 bridgehead atoms. The van der Waals surface area contributed by atoms with Crippen molar-refractivity contribution in [2.45, 2.75) is 12.6 Å². The van der Waals surface area contributed by atoms with Crippen LogP contribution in [0.3, 0.4) is 0 Å². The van der Waals surface area contributed by atoms with Gasteiger partial charge in [-0.3, -0.25) is 15.4 Å². The van der Waals surface area contributed by atoms with Gasteiger partial charge in [0.05, 0.1) is 11.0 Å². The van der Waals surface area contributed by atoms with Gasteiger partial charge >= 0.3 is 0 Å². The van der Waals surface area contributed by atoms with Gasteiger partial charge in [0.2, 0.25) is 0 Å². The summed E-state index contributed by atoms with van der Waals surface area (Å²) in [5, 5.41) is 22.9. The van der Waals surface area contributed by atoms with Gasteiger partial charge in [-0.15, -0.1) is 0 Å². The predicted octanol–water partition coefficient (Wildman–Crippen LogP) is 2.95. The zero-order valence-electron chi connectivity index (χ0n) is 10.7. The number of nitro groups is 1. The third-order valence-electron chi connectivity index (χ3n) is 2.92. The summed E-state index contributed by atoms with van der Waals surface area (Å²) >= 11 is 0. The number of nitro benzene ring substituents is 1. The average molecular weight is 267 g/mol. The Morgan fingerprint density at radius 3 is 2.35 bits per heavy atom. The van der Waals surface area contributed by atoms with Crippen LogP contribution in [0, 0.1) is 21.4 Å². The van der Waals surface area contributed by atoms with E-state index in [2.05, 4.69) is 11.4 Å². The van der Waals surface area contributed by atoms with Crippen LogP contribution in [0.4, 0.5) is 5.69 Å². The van der Waals surface area contributed by atoms with E-state index in [0.29, 0.717) is 12.1 Å². The molecule has 5 heteroatoms. The van der Waals surface area contributed by atoms with E-state index in [4.69, 9.17) is 0 Å². The molecule has 20 heavy (non-hydrogen) atoms. The number of benzene rings is 2. The van der Waals surface area contributed by atoms with Crippen LogP contribution in [0.15, 0.2) is 54.6 Å². The molecule has 0 aromatic heterocycles. The number of nitrogens with zero attached hydrogens (tertiary/aromatic N) is 2.